The van der Waals surface area contributed by atoms with Crippen LogP contribution in [0, 0.1) is 0 Å². The van der Waals surface area contributed by atoms with E-state index in [4.69, 9.17) is 5.11 Å². The van der Waals surface area contributed by atoms with Crippen molar-refractivity contribution >= 4 is 23.4 Å². The maximum absolute atomic E-state index is 12.2. The molecule has 2 amide bonds. The summed E-state index contributed by atoms with van der Waals surface area (Å²) < 4.78 is 0. The number of carboxylic acid groups (broad SMARTS) is 1. The van der Waals surface area contributed by atoms with E-state index < -0.39 is 5.97 Å². The van der Waals surface area contributed by atoms with Crippen LogP contribution in [0.4, 0.5) is 16.2 Å². The molecule has 1 aliphatic heterocycles. The van der Waals surface area contributed by atoms with Crippen LogP contribution in [0.15, 0.2) is 48.5 Å². The first-order valence-electron chi connectivity index (χ1n) is 9.49. The van der Waals surface area contributed by atoms with Gasteiger partial charge in [-0.3, -0.25) is 0 Å². The Labute approximate surface area is 165 Å². The molecule has 148 valence electrons. The lowest BCUT2D eigenvalue weighted by Gasteiger charge is -2.35. The predicted molar refractivity (Wildman–Crippen MR) is 110 cm³/mol. The summed E-state index contributed by atoms with van der Waals surface area (Å²) >= 11 is 0. The van der Waals surface area contributed by atoms with Gasteiger partial charge in [0.1, 0.15) is 0 Å². The molecule has 1 saturated heterocycles. The van der Waals surface area contributed by atoms with Gasteiger partial charge in [0, 0.05) is 44.1 Å². The average molecular weight is 382 g/mol. The maximum atomic E-state index is 12.2. The van der Waals surface area contributed by atoms with E-state index >= 15 is 0 Å². The monoisotopic (exact) mass is 382 g/mol. The zero-order chi connectivity index (χ0) is 19.9. The lowest BCUT2D eigenvalue weighted by molar-refractivity contribution is 0.0697. The van der Waals surface area contributed by atoms with Crippen molar-refractivity contribution < 1.29 is 14.7 Å². The number of aromatic carboxylic acids is 1. The molecule has 2 aromatic carbocycles. The second-order valence-electron chi connectivity index (χ2n) is 6.78. The number of carbonyl (C=O) groups excluding carboxylic acids is 1. The van der Waals surface area contributed by atoms with Crippen molar-refractivity contribution in [1.82, 2.24) is 10.2 Å². The summed E-state index contributed by atoms with van der Waals surface area (Å²) in [4.78, 5) is 27.8. The summed E-state index contributed by atoms with van der Waals surface area (Å²) in [6, 6.07) is 14.0. The molecule has 28 heavy (non-hydrogen) atoms. The molecule has 2 aromatic rings. The summed E-state index contributed by atoms with van der Waals surface area (Å²) in [6.45, 7) is 7.65. The van der Waals surface area contributed by atoms with Crippen molar-refractivity contribution in [3.05, 3.63) is 59.7 Å². The number of nitrogens with zero attached hydrogens (tertiary/aromatic N) is 2. The molecule has 0 saturated carbocycles. The Morgan fingerprint density at radius 2 is 1.75 bits per heavy atom. The molecule has 0 aromatic heterocycles. The summed E-state index contributed by atoms with van der Waals surface area (Å²) in [7, 11) is 0. The molecule has 0 spiro atoms. The number of carboxylic acids is 1. The van der Waals surface area contributed by atoms with Gasteiger partial charge in [-0.25, -0.2) is 9.59 Å². The van der Waals surface area contributed by atoms with Gasteiger partial charge in [-0.15, -0.1) is 0 Å². The van der Waals surface area contributed by atoms with E-state index in [1.807, 2.05) is 18.2 Å². The zero-order valence-electron chi connectivity index (χ0n) is 16.0. The molecule has 1 heterocycles. The van der Waals surface area contributed by atoms with E-state index in [2.05, 4.69) is 33.4 Å². The number of nitrogens with one attached hydrogen (secondary N) is 2. The Bertz CT molecular complexity index is 815. The smallest absolute Gasteiger partial charge is 0.335 e. The van der Waals surface area contributed by atoms with Crippen molar-refractivity contribution in [1.29, 1.82) is 0 Å². The molecular formula is C21H26N4O3. The van der Waals surface area contributed by atoms with Crippen LogP contribution in [-0.2, 0) is 6.54 Å². The standard InChI is InChI=1S/C21H26N4O3/c1-2-24-10-12-25(13-11-24)19-5-3-4-18(14-19)23-21(28)22-15-16-6-8-17(9-7-16)20(26)27/h3-9,14H,2,10-13,15H2,1H3,(H,26,27)(H2,22,23,28). The topological polar surface area (TPSA) is 84.9 Å². The van der Waals surface area contributed by atoms with Crippen molar-refractivity contribution in [3.63, 3.8) is 0 Å². The molecule has 0 unspecified atom stereocenters. The molecule has 1 fully saturated rings. The van der Waals surface area contributed by atoms with Crippen LogP contribution >= 0.6 is 0 Å². The molecule has 7 nitrogen and oxygen atoms in total. The molecule has 3 N–H and O–H groups in total. The summed E-state index contributed by atoms with van der Waals surface area (Å²) in [6.07, 6.45) is 0. The zero-order valence-corrected chi connectivity index (χ0v) is 16.0. The minimum Gasteiger partial charge on any atom is -0.478 e. The van der Waals surface area contributed by atoms with Crippen LogP contribution < -0.4 is 15.5 Å². The first-order chi connectivity index (χ1) is 13.5. The van der Waals surface area contributed by atoms with Gasteiger partial charge >= 0.3 is 12.0 Å². The largest absolute Gasteiger partial charge is 0.478 e. The third-order valence-corrected chi connectivity index (χ3v) is 4.94. The Morgan fingerprint density at radius 1 is 1.04 bits per heavy atom. The number of urea groups is 1. The number of rotatable bonds is 6. The van der Waals surface area contributed by atoms with Crippen molar-refractivity contribution in [2.24, 2.45) is 0 Å². The minimum atomic E-state index is -0.965. The summed E-state index contributed by atoms with van der Waals surface area (Å²) in [5, 5.41) is 14.6. The first kappa shape index (κ1) is 19.7. The third kappa shape index (κ3) is 5.23. The second kappa shape index (κ2) is 9.23. The van der Waals surface area contributed by atoms with Crippen LogP contribution in [0.25, 0.3) is 0 Å². The molecule has 0 atom stereocenters. The van der Waals surface area contributed by atoms with Gasteiger partial charge in [0.2, 0.25) is 0 Å². The number of piperazine rings is 1. The van der Waals surface area contributed by atoms with E-state index in [1.165, 1.54) is 12.1 Å². The molecule has 1 aliphatic rings. The molecular weight excluding hydrogens is 356 g/mol. The molecule has 0 radical (unpaired) electrons. The Kier molecular flexibility index (Phi) is 6.49. The normalized spacial score (nSPS) is 14.5. The predicted octanol–water partition coefficient (Wildman–Crippen LogP) is 2.85. The molecule has 7 heteroatoms. The lowest BCUT2D eigenvalue weighted by atomic mass is 10.1. The summed E-state index contributed by atoms with van der Waals surface area (Å²) in [5.74, 6) is -0.965. The van der Waals surface area contributed by atoms with E-state index in [0.717, 1.165) is 49.7 Å². The van der Waals surface area contributed by atoms with Crippen LogP contribution in [0.5, 0.6) is 0 Å². The number of likely N-dealkylation sites (N-methyl/N-ethyl adjacent to an activating group) is 1. The van der Waals surface area contributed by atoms with Crippen LogP contribution in [0.2, 0.25) is 0 Å². The number of anilines is 2. The van der Waals surface area contributed by atoms with Gasteiger partial charge in [0.25, 0.3) is 0 Å². The SMILES string of the molecule is CCN1CCN(c2cccc(NC(=O)NCc3ccc(C(=O)O)cc3)c2)CC1. The Hall–Kier alpha value is -3.06. The second-order valence-corrected chi connectivity index (χ2v) is 6.78. The van der Waals surface area contributed by atoms with Gasteiger partial charge in [-0.05, 0) is 42.4 Å². The number of hydrogen-bond donors (Lipinski definition) is 3. The first-order valence-corrected chi connectivity index (χ1v) is 9.49. The third-order valence-electron chi connectivity index (χ3n) is 4.94. The van der Waals surface area contributed by atoms with E-state index in [-0.39, 0.29) is 11.6 Å². The fraction of sp³-hybridized carbons (Fsp3) is 0.333. The Morgan fingerprint density at radius 3 is 2.39 bits per heavy atom. The van der Waals surface area contributed by atoms with E-state index in [0.29, 0.717) is 6.54 Å². The lowest BCUT2D eigenvalue weighted by Crippen LogP contribution is -2.46. The molecule has 0 bridgehead atoms. The average Bonchev–Trinajstić information content (AvgIpc) is 2.73. The van der Waals surface area contributed by atoms with Gasteiger partial charge in [-0.1, -0.05) is 25.1 Å². The fourth-order valence-corrected chi connectivity index (χ4v) is 3.23. The van der Waals surface area contributed by atoms with Gasteiger partial charge < -0.3 is 25.5 Å². The van der Waals surface area contributed by atoms with Crippen molar-refractivity contribution in [3.8, 4) is 0 Å². The summed E-state index contributed by atoms with van der Waals surface area (Å²) in [5.41, 5.74) is 2.92. The van der Waals surface area contributed by atoms with Crippen molar-refractivity contribution in [2.75, 3.05) is 42.9 Å². The van der Waals surface area contributed by atoms with Crippen LogP contribution in [0.1, 0.15) is 22.8 Å². The quantitative estimate of drug-likeness (QED) is 0.715. The van der Waals surface area contributed by atoms with E-state index in [1.54, 1.807) is 12.1 Å². The highest BCUT2D eigenvalue weighted by molar-refractivity contribution is 5.90. The highest BCUT2D eigenvalue weighted by Gasteiger charge is 2.16. The number of amides is 2. The number of hydrogen-bond acceptors (Lipinski definition) is 4. The van der Waals surface area contributed by atoms with E-state index in [9.17, 15) is 9.59 Å². The maximum Gasteiger partial charge on any atom is 0.335 e. The van der Waals surface area contributed by atoms with Crippen LogP contribution in [0.3, 0.4) is 0 Å². The molecule has 3 rings (SSSR count). The van der Waals surface area contributed by atoms with Gasteiger partial charge in [0.05, 0.1) is 5.56 Å². The minimum absolute atomic E-state index is 0.227. The van der Waals surface area contributed by atoms with Gasteiger partial charge in [0.15, 0.2) is 0 Å². The number of benzene rings is 2. The van der Waals surface area contributed by atoms with Crippen molar-refractivity contribution in [2.45, 2.75) is 13.5 Å². The molecule has 0 aliphatic carbocycles. The number of carbonyl (C=O) groups is 2. The van der Waals surface area contributed by atoms with Crippen LogP contribution in [-0.4, -0.2) is 54.7 Å². The fourth-order valence-electron chi connectivity index (χ4n) is 3.23. The van der Waals surface area contributed by atoms with Gasteiger partial charge in [-0.2, -0.15) is 0 Å². The Balaban J connectivity index is 1.52. The highest BCUT2D eigenvalue weighted by atomic mass is 16.4. The highest BCUT2D eigenvalue weighted by Crippen LogP contribution is 2.21.